The number of amides is 1. The fourth-order valence-electron chi connectivity index (χ4n) is 6.55. The van der Waals surface area contributed by atoms with Gasteiger partial charge in [-0.15, -0.1) is 0 Å². The standard InChI is InChI=1S/C19H23Cl2NO/c1-17-6-12-7-18(2,9-17)11-19(8-12,10-17)16(23)22-15-4-3-13(20)5-14(15)21/h3-5,12H,6-11H2,1-2H3,(H,22,23)/t12?,17-,18-,19?/m1/s1. The Morgan fingerprint density at radius 2 is 1.74 bits per heavy atom. The van der Waals surface area contributed by atoms with Crippen molar-refractivity contribution in [1.82, 2.24) is 0 Å². The lowest BCUT2D eigenvalue weighted by Crippen LogP contribution is -2.58. The van der Waals surface area contributed by atoms with Crippen LogP contribution in [0.4, 0.5) is 5.69 Å². The molecule has 4 bridgehead atoms. The van der Waals surface area contributed by atoms with E-state index in [1.54, 1.807) is 18.2 Å². The maximum atomic E-state index is 13.2. The number of carbonyl (C=O) groups is 1. The molecule has 2 nitrogen and oxygen atoms in total. The molecule has 1 aromatic carbocycles. The summed E-state index contributed by atoms with van der Waals surface area (Å²) in [7, 11) is 0. The maximum Gasteiger partial charge on any atom is 0.230 e. The highest BCUT2D eigenvalue weighted by Gasteiger charge is 2.62. The number of nitrogens with one attached hydrogen (secondary N) is 1. The van der Waals surface area contributed by atoms with Crippen LogP contribution in [-0.2, 0) is 4.79 Å². The van der Waals surface area contributed by atoms with E-state index >= 15 is 0 Å². The Morgan fingerprint density at radius 1 is 1.09 bits per heavy atom. The largest absolute Gasteiger partial charge is 0.324 e. The highest BCUT2D eigenvalue weighted by Crippen LogP contribution is 2.69. The first kappa shape index (κ1) is 15.8. The third-order valence-corrected chi connectivity index (χ3v) is 6.84. The summed E-state index contributed by atoms with van der Waals surface area (Å²) in [5, 5.41) is 4.19. The van der Waals surface area contributed by atoms with E-state index < -0.39 is 0 Å². The van der Waals surface area contributed by atoms with Crippen molar-refractivity contribution < 1.29 is 4.79 Å². The van der Waals surface area contributed by atoms with Crippen LogP contribution in [-0.4, -0.2) is 5.91 Å². The normalized spacial score (nSPS) is 41.1. The lowest BCUT2D eigenvalue weighted by Gasteiger charge is -2.64. The number of halogens is 2. The van der Waals surface area contributed by atoms with Gasteiger partial charge in [0.05, 0.1) is 16.1 Å². The van der Waals surface area contributed by atoms with Crippen LogP contribution in [0.2, 0.25) is 10.0 Å². The number of carbonyl (C=O) groups excluding carboxylic acids is 1. The molecule has 1 amide bonds. The molecule has 0 unspecified atom stereocenters. The molecule has 0 radical (unpaired) electrons. The second-order valence-corrected chi connectivity index (χ2v) is 9.83. The lowest BCUT2D eigenvalue weighted by atomic mass is 9.40. The first-order chi connectivity index (χ1) is 10.7. The number of rotatable bonds is 2. The molecule has 4 heteroatoms. The van der Waals surface area contributed by atoms with E-state index in [4.69, 9.17) is 23.2 Å². The Bertz CT molecular complexity index is 668. The molecule has 0 spiro atoms. The van der Waals surface area contributed by atoms with Crippen LogP contribution >= 0.6 is 23.2 Å². The monoisotopic (exact) mass is 351 g/mol. The van der Waals surface area contributed by atoms with Crippen molar-refractivity contribution in [3.8, 4) is 0 Å². The van der Waals surface area contributed by atoms with E-state index in [0.29, 0.717) is 32.5 Å². The van der Waals surface area contributed by atoms with Crippen molar-refractivity contribution in [3.05, 3.63) is 28.2 Å². The van der Waals surface area contributed by atoms with Crippen LogP contribution in [0, 0.1) is 22.2 Å². The van der Waals surface area contributed by atoms with Gasteiger partial charge in [0.1, 0.15) is 0 Å². The molecule has 4 fully saturated rings. The summed E-state index contributed by atoms with van der Waals surface area (Å²) in [5.41, 5.74) is 1.11. The van der Waals surface area contributed by atoms with Gasteiger partial charge in [0.25, 0.3) is 0 Å². The summed E-state index contributed by atoms with van der Waals surface area (Å²) in [4.78, 5) is 13.2. The summed E-state index contributed by atoms with van der Waals surface area (Å²) in [5.74, 6) is 0.857. The predicted molar refractivity (Wildman–Crippen MR) is 94.9 cm³/mol. The van der Waals surface area contributed by atoms with Gasteiger partial charge < -0.3 is 5.32 Å². The fourth-order valence-corrected chi connectivity index (χ4v) is 7.00. The van der Waals surface area contributed by atoms with Crippen molar-refractivity contribution >= 4 is 34.8 Å². The minimum Gasteiger partial charge on any atom is -0.324 e. The van der Waals surface area contributed by atoms with Gasteiger partial charge in [-0.1, -0.05) is 37.0 Å². The second kappa shape index (κ2) is 4.89. The fraction of sp³-hybridized carbons (Fsp3) is 0.632. The minimum absolute atomic E-state index is 0.156. The number of benzene rings is 1. The third kappa shape index (κ3) is 2.59. The third-order valence-electron chi connectivity index (χ3n) is 6.29. The molecular weight excluding hydrogens is 329 g/mol. The summed E-state index contributed by atoms with van der Waals surface area (Å²) in [6.07, 6.45) is 6.92. The zero-order valence-corrected chi connectivity index (χ0v) is 15.2. The van der Waals surface area contributed by atoms with Crippen molar-refractivity contribution in [2.45, 2.75) is 52.4 Å². The summed E-state index contributed by atoms with van der Waals surface area (Å²) in [6.45, 7) is 4.76. The van der Waals surface area contributed by atoms with Crippen LogP contribution in [0.5, 0.6) is 0 Å². The van der Waals surface area contributed by atoms with Gasteiger partial charge in [0.2, 0.25) is 5.91 Å². The Morgan fingerprint density at radius 3 is 2.30 bits per heavy atom. The molecule has 0 saturated heterocycles. The van der Waals surface area contributed by atoms with Gasteiger partial charge in [0.15, 0.2) is 0 Å². The van der Waals surface area contributed by atoms with E-state index in [-0.39, 0.29) is 11.3 Å². The average Bonchev–Trinajstić information content (AvgIpc) is 2.37. The number of anilines is 1. The van der Waals surface area contributed by atoms with Crippen LogP contribution in [0.3, 0.4) is 0 Å². The molecule has 0 aliphatic heterocycles. The van der Waals surface area contributed by atoms with Crippen molar-refractivity contribution in [2.24, 2.45) is 22.2 Å². The maximum absolute atomic E-state index is 13.2. The summed E-state index contributed by atoms with van der Waals surface area (Å²) >= 11 is 12.2. The second-order valence-electron chi connectivity index (χ2n) is 8.99. The highest BCUT2D eigenvalue weighted by atomic mass is 35.5. The van der Waals surface area contributed by atoms with E-state index in [0.717, 1.165) is 19.3 Å². The zero-order chi connectivity index (χ0) is 16.5. The number of hydrogen-bond acceptors (Lipinski definition) is 1. The summed E-state index contributed by atoms with van der Waals surface area (Å²) in [6, 6.07) is 5.25. The van der Waals surface area contributed by atoms with E-state index in [2.05, 4.69) is 19.2 Å². The molecule has 1 N–H and O–H groups in total. The van der Waals surface area contributed by atoms with Crippen LogP contribution in [0.15, 0.2) is 18.2 Å². The van der Waals surface area contributed by atoms with Gasteiger partial charge in [-0.3, -0.25) is 4.79 Å². The van der Waals surface area contributed by atoms with Crippen molar-refractivity contribution in [3.63, 3.8) is 0 Å². The smallest absolute Gasteiger partial charge is 0.230 e. The van der Waals surface area contributed by atoms with Crippen molar-refractivity contribution in [2.75, 3.05) is 5.32 Å². The van der Waals surface area contributed by atoms with E-state index in [9.17, 15) is 4.79 Å². The molecule has 124 valence electrons. The summed E-state index contributed by atoms with van der Waals surface area (Å²) < 4.78 is 0. The lowest BCUT2D eigenvalue weighted by molar-refractivity contribution is -0.165. The van der Waals surface area contributed by atoms with Crippen LogP contribution < -0.4 is 5.32 Å². The molecule has 4 saturated carbocycles. The highest BCUT2D eigenvalue weighted by molar-refractivity contribution is 6.36. The van der Waals surface area contributed by atoms with E-state index in [1.807, 2.05) is 0 Å². The average molecular weight is 352 g/mol. The molecule has 5 rings (SSSR count). The first-order valence-electron chi connectivity index (χ1n) is 8.48. The molecule has 4 aliphatic carbocycles. The predicted octanol–water partition coefficient (Wildman–Crippen LogP) is 5.93. The topological polar surface area (TPSA) is 29.1 Å². The van der Waals surface area contributed by atoms with Gasteiger partial charge >= 0.3 is 0 Å². The van der Waals surface area contributed by atoms with Crippen LogP contribution in [0.25, 0.3) is 0 Å². The SMILES string of the molecule is C[C@]12CC3CC(C(=O)Nc4ccc(Cl)cc4Cl)(C1)C[C@](C)(C3)C2. The number of hydrogen-bond donors (Lipinski definition) is 1. The van der Waals surface area contributed by atoms with Gasteiger partial charge in [-0.2, -0.15) is 0 Å². The van der Waals surface area contributed by atoms with Crippen LogP contribution in [0.1, 0.15) is 52.4 Å². The Hall–Kier alpha value is -0.730. The molecule has 0 aromatic heterocycles. The molecule has 4 aliphatic rings. The zero-order valence-electron chi connectivity index (χ0n) is 13.7. The van der Waals surface area contributed by atoms with Gasteiger partial charge in [-0.05, 0) is 73.5 Å². The first-order valence-corrected chi connectivity index (χ1v) is 9.23. The molecule has 23 heavy (non-hydrogen) atoms. The van der Waals surface area contributed by atoms with Crippen molar-refractivity contribution in [1.29, 1.82) is 0 Å². The molecule has 2 atom stereocenters. The Labute approximate surface area is 147 Å². The van der Waals surface area contributed by atoms with Gasteiger partial charge in [0, 0.05) is 5.02 Å². The van der Waals surface area contributed by atoms with Gasteiger partial charge in [-0.25, -0.2) is 0 Å². The molecular formula is C19H23Cl2NO. The minimum atomic E-state index is -0.216. The Balaban J connectivity index is 1.63. The molecule has 1 aromatic rings. The van der Waals surface area contributed by atoms with E-state index in [1.165, 1.54) is 19.3 Å². The molecule has 0 heterocycles. The Kier molecular flexibility index (Phi) is 3.36. The quantitative estimate of drug-likeness (QED) is 0.702.